The summed E-state index contributed by atoms with van der Waals surface area (Å²) in [6.45, 7) is 11.5. The van der Waals surface area contributed by atoms with E-state index < -0.39 is 0 Å². The summed E-state index contributed by atoms with van der Waals surface area (Å²) in [5.41, 5.74) is 1.98. The Balaban J connectivity index is 3.98. The third-order valence-electron chi connectivity index (χ3n) is 2.98. The molecule has 0 N–H and O–H groups in total. The average molecular weight is 182 g/mol. The second kappa shape index (κ2) is 6.23. The molecule has 0 fully saturated rings. The second-order valence-electron chi connectivity index (χ2n) is 4.64. The summed E-state index contributed by atoms with van der Waals surface area (Å²) < 4.78 is 0. The second-order valence-corrected chi connectivity index (χ2v) is 4.64. The SMILES string of the molecule is CCC=C(C)C(C)(C)CCCCC. The molecule has 0 heteroatoms. The summed E-state index contributed by atoms with van der Waals surface area (Å²) in [6.07, 6.45) is 8.95. The molecule has 0 aromatic rings. The summed E-state index contributed by atoms with van der Waals surface area (Å²) in [6, 6.07) is 0. The molecule has 13 heavy (non-hydrogen) atoms. The molecule has 0 radical (unpaired) electrons. The van der Waals surface area contributed by atoms with Gasteiger partial charge in [0.1, 0.15) is 0 Å². The van der Waals surface area contributed by atoms with Crippen molar-refractivity contribution < 1.29 is 0 Å². The summed E-state index contributed by atoms with van der Waals surface area (Å²) in [4.78, 5) is 0. The van der Waals surface area contributed by atoms with E-state index in [2.05, 4.69) is 40.7 Å². The third-order valence-corrected chi connectivity index (χ3v) is 2.98. The van der Waals surface area contributed by atoms with Crippen LogP contribution in [0.1, 0.15) is 66.7 Å². The molecule has 0 rings (SSSR count). The van der Waals surface area contributed by atoms with Gasteiger partial charge in [-0.3, -0.25) is 0 Å². The number of allylic oxidation sites excluding steroid dienone is 2. The highest BCUT2D eigenvalue weighted by Gasteiger charge is 2.18. The highest BCUT2D eigenvalue weighted by molar-refractivity contribution is 5.08. The molecule has 78 valence electrons. The summed E-state index contributed by atoms with van der Waals surface area (Å²) >= 11 is 0. The minimum atomic E-state index is 0.422. The molecule has 0 heterocycles. The van der Waals surface area contributed by atoms with E-state index in [4.69, 9.17) is 0 Å². The Labute approximate surface area is 84.4 Å². The van der Waals surface area contributed by atoms with Gasteiger partial charge in [0.15, 0.2) is 0 Å². The molecule has 0 aromatic carbocycles. The van der Waals surface area contributed by atoms with Crippen LogP contribution in [-0.4, -0.2) is 0 Å². The van der Waals surface area contributed by atoms with E-state index in [1.165, 1.54) is 32.1 Å². The van der Waals surface area contributed by atoms with Gasteiger partial charge in [-0.15, -0.1) is 0 Å². The van der Waals surface area contributed by atoms with Crippen molar-refractivity contribution in [1.29, 1.82) is 0 Å². The van der Waals surface area contributed by atoms with Gasteiger partial charge in [0.2, 0.25) is 0 Å². The molecule has 0 aliphatic carbocycles. The largest absolute Gasteiger partial charge is 0.0853 e. The Hall–Kier alpha value is -0.260. The molecule has 0 amide bonds. The van der Waals surface area contributed by atoms with Crippen molar-refractivity contribution in [3.05, 3.63) is 11.6 Å². The summed E-state index contributed by atoms with van der Waals surface area (Å²) in [5, 5.41) is 0. The Morgan fingerprint density at radius 1 is 1.15 bits per heavy atom. The number of rotatable bonds is 6. The smallest absolute Gasteiger partial charge is 0.0147 e. The molecule has 0 atom stereocenters. The molecular weight excluding hydrogens is 156 g/mol. The zero-order chi connectivity index (χ0) is 10.3. The van der Waals surface area contributed by atoms with Crippen molar-refractivity contribution in [3.8, 4) is 0 Å². The fraction of sp³-hybridized carbons (Fsp3) is 0.846. The van der Waals surface area contributed by atoms with Crippen LogP contribution in [0.3, 0.4) is 0 Å². The molecule has 0 spiro atoms. The van der Waals surface area contributed by atoms with Crippen LogP contribution in [0.5, 0.6) is 0 Å². The number of hydrogen-bond donors (Lipinski definition) is 0. The van der Waals surface area contributed by atoms with Crippen LogP contribution >= 0.6 is 0 Å². The van der Waals surface area contributed by atoms with Crippen LogP contribution < -0.4 is 0 Å². The zero-order valence-electron chi connectivity index (χ0n) is 10.1. The van der Waals surface area contributed by atoms with Crippen LogP contribution in [0.2, 0.25) is 0 Å². The van der Waals surface area contributed by atoms with Crippen molar-refractivity contribution >= 4 is 0 Å². The molecule has 0 saturated carbocycles. The molecule has 0 aliphatic heterocycles. The van der Waals surface area contributed by atoms with Crippen LogP contribution in [0.15, 0.2) is 11.6 Å². The fourth-order valence-electron chi connectivity index (χ4n) is 1.60. The van der Waals surface area contributed by atoms with Gasteiger partial charge < -0.3 is 0 Å². The van der Waals surface area contributed by atoms with Crippen molar-refractivity contribution in [2.75, 3.05) is 0 Å². The third kappa shape index (κ3) is 5.13. The van der Waals surface area contributed by atoms with Gasteiger partial charge in [0.05, 0.1) is 0 Å². The molecule has 0 nitrogen and oxygen atoms in total. The highest BCUT2D eigenvalue weighted by Crippen LogP contribution is 2.32. The lowest BCUT2D eigenvalue weighted by Crippen LogP contribution is -2.12. The minimum Gasteiger partial charge on any atom is -0.0853 e. The Morgan fingerprint density at radius 3 is 2.23 bits per heavy atom. The van der Waals surface area contributed by atoms with E-state index in [1.54, 1.807) is 5.57 Å². The van der Waals surface area contributed by atoms with Gasteiger partial charge in [0.25, 0.3) is 0 Å². The first-order valence-electron chi connectivity index (χ1n) is 5.71. The Bertz CT molecular complexity index is 151. The molecule has 0 aliphatic rings. The molecule has 0 bridgehead atoms. The van der Waals surface area contributed by atoms with Crippen LogP contribution in [0.25, 0.3) is 0 Å². The van der Waals surface area contributed by atoms with E-state index in [1.807, 2.05) is 0 Å². The first-order valence-corrected chi connectivity index (χ1v) is 5.71. The Kier molecular flexibility index (Phi) is 6.11. The van der Waals surface area contributed by atoms with E-state index in [9.17, 15) is 0 Å². The lowest BCUT2D eigenvalue weighted by atomic mass is 9.80. The maximum Gasteiger partial charge on any atom is -0.0147 e. The van der Waals surface area contributed by atoms with Crippen LogP contribution in [0.4, 0.5) is 0 Å². The zero-order valence-corrected chi connectivity index (χ0v) is 10.1. The Morgan fingerprint density at radius 2 is 1.77 bits per heavy atom. The van der Waals surface area contributed by atoms with E-state index in [-0.39, 0.29) is 0 Å². The van der Waals surface area contributed by atoms with Gasteiger partial charge in [-0.25, -0.2) is 0 Å². The normalized spacial score (nSPS) is 13.5. The predicted molar refractivity (Wildman–Crippen MR) is 62.0 cm³/mol. The van der Waals surface area contributed by atoms with Crippen molar-refractivity contribution in [2.45, 2.75) is 66.7 Å². The first kappa shape index (κ1) is 12.7. The van der Waals surface area contributed by atoms with Gasteiger partial charge >= 0.3 is 0 Å². The quantitative estimate of drug-likeness (QED) is 0.403. The number of hydrogen-bond acceptors (Lipinski definition) is 0. The highest BCUT2D eigenvalue weighted by atomic mass is 14.2. The lowest BCUT2D eigenvalue weighted by Gasteiger charge is -2.26. The van der Waals surface area contributed by atoms with Crippen LogP contribution in [0, 0.1) is 5.41 Å². The maximum atomic E-state index is 2.37. The van der Waals surface area contributed by atoms with Crippen molar-refractivity contribution in [1.82, 2.24) is 0 Å². The van der Waals surface area contributed by atoms with Crippen molar-refractivity contribution in [3.63, 3.8) is 0 Å². The van der Waals surface area contributed by atoms with E-state index in [0.29, 0.717) is 5.41 Å². The molecule has 0 aromatic heterocycles. The summed E-state index contributed by atoms with van der Waals surface area (Å²) in [5.74, 6) is 0. The monoisotopic (exact) mass is 182 g/mol. The topological polar surface area (TPSA) is 0 Å². The first-order chi connectivity index (χ1) is 6.04. The minimum absolute atomic E-state index is 0.422. The van der Waals surface area contributed by atoms with Gasteiger partial charge in [0, 0.05) is 0 Å². The van der Waals surface area contributed by atoms with Crippen LogP contribution in [-0.2, 0) is 0 Å². The van der Waals surface area contributed by atoms with Gasteiger partial charge in [-0.05, 0) is 25.2 Å². The maximum absolute atomic E-state index is 2.37. The van der Waals surface area contributed by atoms with E-state index >= 15 is 0 Å². The summed E-state index contributed by atoms with van der Waals surface area (Å²) in [7, 11) is 0. The molecular formula is C13H26. The van der Waals surface area contributed by atoms with E-state index in [0.717, 1.165) is 0 Å². The van der Waals surface area contributed by atoms with Gasteiger partial charge in [-0.2, -0.15) is 0 Å². The molecule has 0 saturated heterocycles. The lowest BCUT2D eigenvalue weighted by molar-refractivity contribution is 0.386. The van der Waals surface area contributed by atoms with Gasteiger partial charge in [-0.1, -0.05) is 58.6 Å². The average Bonchev–Trinajstić information content (AvgIpc) is 2.05. The predicted octanol–water partition coefficient (Wildman–Crippen LogP) is 4.95. The number of unbranched alkanes of at least 4 members (excludes halogenated alkanes) is 2. The fourth-order valence-corrected chi connectivity index (χ4v) is 1.60. The van der Waals surface area contributed by atoms with Crippen molar-refractivity contribution in [2.24, 2.45) is 5.41 Å². The standard InChI is InChI=1S/C13H26/c1-6-8-9-11-13(4,5)12(3)10-7-2/h10H,6-9,11H2,1-5H3. The molecule has 0 unspecified atom stereocenters.